The summed E-state index contributed by atoms with van der Waals surface area (Å²) in [5.74, 6) is -0.0311. The average molecular weight is 235 g/mol. The number of aryl methyl sites for hydroxylation is 1. The summed E-state index contributed by atoms with van der Waals surface area (Å²) in [5, 5.41) is 2.84. The van der Waals surface area contributed by atoms with Gasteiger partial charge in [0.15, 0.2) is 0 Å². The van der Waals surface area contributed by atoms with Crippen LogP contribution < -0.4 is 5.32 Å². The fourth-order valence-electron chi connectivity index (χ4n) is 1.30. The van der Waals surface area contributed by atoms with E-state index in [4.69, 9.17) is 0 Å². The van der Waals surface area contributed by atoms with Crippen molar-refractivity contribution in [2.75, 3.05) is 12.8 Å². The molecule has 0 heterocycles. The van der Waals surface area contributed by atoms with Crippen LogP contribution in [0.5, 0.6) is 0 Å². The Balaban J connectivity index is 2.85. The van der Waals surface area contributed by atoms with Crippen LogP contribution in [-0.4, -0.2) is 18.7 Å². The fraction of sp³-hybridized carbons (Fsp3) is 0.308. The van der Waals surface area contributed by atoms with Gasteiger partial charge >= 0.3 is 0 Å². The molecule has 0 bridgehead atoms. The maximum atomic E-state index is 11.9. The van der Waals surface area contributed by atoms with Crippen LogP contribution >= 0.6 is 11.8 Å². The van der Waals surface area contributed by atoms with Gasteiger partial charge in [-0.2, -0.15) is 0 Å². The lowest BCUT2D eigenvalue weighted by Gasteiger charge is -2.08. The molecule has 2 nitrogen and oxygen atoms in total. The summed E-state index contributed by atoms with van der Waals surface area (Å²) in [7, 11) is 0. The highest BCUT2D eigenvalue weighted by molar-refractivity contribution is 7.98. The van der Waals surface area contributed by atoms with Gasteiger partial charge in [-0.3, -0.25) is 4.79 Å². The number of rotatable bonds is 4. The van der Waals surface area contributed by atoms with Crippen LogP contribution in [0.2, 0.25) is 0 Å². The van der Waals surface area contributed by atoms with Gasteiger partial charge in [-0.1, -0.05) is 18.2 Å². The third-order valence-electron chi connectivity index (χ3n) is 2.24. The van der Waals surface area contributed by atoms with Gasteiger partial charge in [0.1, 0.15) is 0 Å². The minimum atomic E-state index is -0.0311. The summed E-state index contributed by atoms with van der Waals surface area (Å²) in [4.78, 5) is 13.0. The van der Waals surface area contributed by atoms with E-state index in [0.717, 1.165) is 21.6 Å². The summed E-state index contributed by atoms with van der Waals surface area (Å²) in [6, 6.07) is 5.92. The Bertz CT molecular complexity index is 412. The fourth-order valence-corrected chi connectivity index (χ4v) is 1.74. The molecule has 86 valence electrons. The standard InChI is InChI=1S/C13H17NOS/c1-9(2)8-14-13(15)12-7-11(16-4)6-5-10(12)3/h5-7H,1,8H2,2-4H3,(H,14,15). The number of benzene rings is 1. The smallest absolute Gasteiger partial charge is 0.251 e. The largest absolute Gasteiger partial charge is 0.348 e. The quantitative estimate of drug-likeness (QED) is 0.642. The normalized spacial score (nSPS) is 9.94. The summed E-state index contributed by atoms with van der Waals surface area (Å²) >= 11 is 1.64. The van der Waals surface area contributed by atoms with Gasteiger partial charge in [-0.25, -0.2) is 0 Å². The topological polar surface area (TPSA) is 29.1 Å². The second-order valence-corrected chi connectivity index (χ2v) is 4.70. The van der Waals surface area contributed by atoms with E-state index in [9.17, 15) is 4.79 Å². The number of amides is 1. The molecule has 0 atom stereocenters. The Labute approximate surface area is 101 Å². The average Bonchev–Trinajstić information content (AvgIpc) is 2.26. The van der Waals surface area contributed by atoms with Crippen LogP contribution in [0, 0.1) is 6.92 Å². The zero-order valence-corrected chi connectivity index (χ0v) is 10.8. The molecule has 0 aliphatic carbocycles. The summed E-state index contributed by atoms with van der Waals surface area (Å²) in [5.41, 5.74) is 2.69. The molecule has 0 saturated heterocycles. The van der Waals surface area contributed by atoms with Crippen LogP contribution in [0.3, 0.4) is 0 Å². The van der Waals surface area contributed by atoms with Gasteiger partial charge < -0.3 is 5.32 Å². The van der Waals surface area contributed by atoms with Gasteiger partial charge in [-0.15, -0.1) is 11.8 Å². The van der Waals surface area contributed by atoms with Crippen molar-refractivity contribution >= 4 is 17.7 Å². The Hall–Kier alpha value is -1.22. The lowest BCUT2D eigenvalue weighted by Crippen LogP contribution is -2.25. The Morgan fingerprint density at radius 1 is 1.50 bits per heavy atom. The predicted octanol–water partition coefficient (Wildman–Crippen LogP) is 3.02. The maximum absolute atomic E-state index is 11.9. The molecule has 1 amide bonds. The number of hydrogen-bond donors (Lipinski definition) is 1. The van der Waals surface area contributed by atoms with E-state index in [2.05, 4.69) is 11.9 Å². The van der Waals surface area contributed by atoms with Crippen molar-refractivity contribution in [3.05, 3.63) is 41.5 Å². The second-order valence-electron chi connectivity index (χ2n) is 3.82. The zero-order valence-electron chi connectivity index (χ0n) is 9.96. The van der Waals surface area contributed by atoms with E-state index in [1.54, 1.807) is 11.8 Å². The predicted molar refractivity (Wildman–Crippen MR) is 70.1 cm³/mol. The van der Waals surface area contributed by atoms with Crippen molar-refractivity contribution in [1.29, 1.82) is 0 Å². The second kappa shape index (κ2) is 5.75. The lowest BCUT2D eigenvalue weighted by atomic mass is 10.1. The first kappa shape index (κ1) is 12.8. The Morgan fingerprint density at radius 2 is 2.19 bits per heavy atom. The van der Waals surface area contributed by atoms with Crippen LogP contribution in [0.25, 0.3) is 0 Å². The van der Waals surface area contributed by atoms with Crippen molar-refractivity contribution in [2.24, 2.45) is 0 Å². The van der Waals surface area contributed by atoms with E-state index in [1.807, 2.05) is 38.3 Å². The number of hydrogen-bond acceptors (Lipinski definition) is 2. The molecule has 0 fully saturated rings. The highest BCUT2D eigenvalue weighted by atomic mass is 32.2. The Kier molecular flexibility index (Phi) is 4.62. The maximum Gasteiger partial charge on any atom is 0.251 e. The molecule has 0 saturated carbocycles. The van der Waals surface area contributed by atoms with Gasteiger partial charge in [-0.05, 0) is 37.8 Å². The highest BCUT2D eigenvalue weighted by Gasteiger charge is 2.08. The van der Waals surface area contributed by atoms with Gasteiger partial charge in [0.2, 0.25) is 0 Å². The van der Waals surface area contributed by atoms with E-state index >= 15 is 0 Å². The summed E-state index contributed by atoms with van der Waals surface area (Å²) < 4.78 is 0. The van der Waals surface area contributed by atoms with Crippen molar-refractivity contribution in [3.8, 4) is 0 Å². The van der Waals surface area contributed by atoms with E-state index in [0.29, 0.717) is 6.54 Å². The first-order chi connectivity index (χ1) is 7.54. The van der Waals surface area contributed by atoms with E-state index in [-0.39, 0.29) is 5.91 Å². The van der Waals surface area contributed by atoms with Gasteiger partial charge in [0.05, 0.1) is 0 Å². The minimum Gasteiger partial charge on any atom is -0.348 e. The molecule has 1 aromatic carbocycles. The molecular formula is C13H17NOS. The van der Waals surface area contributed by atoms with Crippen molar-refractivity contribution in [2.45, 2.75) is 18.7 Å². The van der Waals surface area contributed by atoms with Crippen molar-refractivity contribution in [1.82, 2.24) is 5.32 Å². The summed E-state index contributed by atoms with van der Waals surface area (Å²) in [6.07, 6.45) is 2.00. The molecule has 0 aromatic heterocycles. The molecule has 16 heavy (non-hydrogen) atoms. The first-order valence-corrected chi connectivity index (χ1v) is 6.34. The van der Waals surface area contributed by atoms with E-state index < -0.39 is 0 Å². The molecule has 1 N–H and O–H groups in total. The van der Waals surface area contributed by atoms with Crippen LogP contribution in [0.1, 0.15) is 22.8 Å². The molecule has 0 unspecified atom stereocenters. The Morgan fingerprint density at radius 3 is 2.75 bits per heavy atom. The number of nitrogens with one attached hydrogen (secondary N) is 1. The van der Waals surface area contributed by atoms with Crippen molar-refractivity contribution in [3.63, 3.8) is 0 Å². The molecule has 3 heteroatoms. The molecule has 1 aromatic rings. The molecule has 0 aliphatic heterocycles. The van der Waals surface area contributed by atoms with Gasteiger partial charge in [0, 0.05) is 17.0 Å². The molecule has 0 spiro atoms. The van der Waals surface area contributed by atoms with Crippen LogP contribution in [0.4, 0.5) is 0 Å². The minimum absolute atomic E-state index is 0.0311. The molecule has 0 radical (unpaired) electrons. The highest BCUT2D eigenvalue weighted by Crippen LogP contribution is 2.18. The molecule has 0 aliphatic rings. The third-order valence-corrected chi connectivity index (χ3v) is 2.97. The lowest BCUT2D eigenvalue weighted by molar-refractivity contribution is 0.0956. The monoisotopic (exact) mass is 235 g/mol. The number of carbonyl (C=O) groups is 1. The van der Waals surface area contributed by atoms with Crippen molar-refractivity contribution < 1.29 is 4.79 Å². The van der Waals surface area contributed by atoms with Crippen LogP contribution in [-0.2, 0) is 0 Å². The molecule has 1 rings (SSSR count). The van der Waals surface area contributed by atoms with Gasteiger partial charge in [0.25, 0.3) is 5.91 Å². The first-order valence-electron chi connectivity index (χ1n) is 5.12. The van der Waals surface area contributed by atoms with Crippen LogP contribution in [0.15, 0.2) is 35.2 Å². The third kappa shape index (κ3) is 3.42. The number of carbonyl (C=O) groups excluding carboxylic acids is 1. The van der Waals surface area contributed by atoms with E-state index in [1.165, 1.54) is 0 Å². The zero-order chi connectivity index (χ0) is 12.1. The summed E-state index contributed by atoms with van der Waals surface area (Å²) in [6.45, 7) is 8.13. The number of thioether (sulfide) groups is 1. The SMILES string of the molecule is C=C(C)CNC(=O)c1cc(SC)ccc1C. The molecular weight excluding hydrogens is 218 g/mol.